The fourth-order valence-corrected chi connectivity index (χ4v) is 7.63. The molecule has 1 aliphatic rings. The maximum Gasteiger partial charge on any atom is 2.00 e. The van der Waals surface area contributed by atoms with Gasteiger partial charge in [0.2, 0.25) is 0 Å². The van der Waals surface area contributed by atoms with Gasteiger partial charge in [-0.15, -0.1) is 23.8 Å². The van der Waals surface area contributed by atoms with Crippen molar-refractivity contribution in [3.8, 4) is 17.3 Å². The number of para-hydroxylation sites is 2. The van der Waals surface area contributed by atoms with Gasteiger partial charge in [0, 0.05) is 46.2 Å². The largest absolute Gasteiger partial charge is 2.00 e. The summed E-state index contributed by atoms with van der Waals surface area (Å²) in [6.07, 6.45) is 4.01. The van der Waals surface area contributed by atoms with Crippen LogP contribution in [0.5, 0.6) is 11.5 Å². The third kappa shape index (κ3) is 4.20. The summed E-state index contributed by atoms with van der Waals surface area (Å²) >= 11 is 0. The monoisotopic (exact) mass is 817 g/mol. The zero-order chi connectivity index (χ0) is 32.1. The van der Waals surface area contributed by atoms with E-state index in [1.165, 1.54) is 0 Å². The minimum atomic E-state index is -1.47. The van der Waals surface area contributed by atoms with E-state index in [-0.39, 0.29) is 26.5 Å². The molecule has 1 unspecified atom stereocenters. The molecule has 5 nitrogen and oxygen atoms in total. The van der Waals surface area contributed by atoms with Gasteiger partial charge < -0.3 is 13.7 Å². The van der Waals surface area contributed by atoms with Crippen molar-refractivity contribution in [3.63, 3.8) is 0 Å². The van der Waals surface area contributed by atoms with Gasteiger partial charge in [-0.1, -0.05) is 89.6 Å². The molecule has 0 amide bonds. The first kappa shape index (κ1) is 29.8. The molecular formula is C42H27FN4OPt. The van der Waals surface area contributed by atoms with Crippen LogP contribution in [0.3, 0.4) is 0 Å². The van der Waals surface area contributed by atoms with Crippen molar-refractivity contribution in [2.24, 2.45) is 0 Å². The van der Waals surface area contributed by atoms with Crippen molar-refractivity contribution in [2.45, 2.75) is 25.4 Å². The van der Waals surface area contributed by atoms with Gasteiger partial charge in [-0.3, -0.25) is 4.98 Å². The standard InChI is InChI=1S/C42H27FN4O.Pt/c1-42(2)31-10-4-6-12-36(31)48-40-32(42)18-19-34-38(40)29-17-15-26(24-35(29)47(34)37-13-7-8-20-44-37)39(43)25-14-16-27-28-9-3-5-11-33(28)46-22-21-45-41(46)30(27)23-25;/h3-22,39H,1-2H3;/q-2;+2. The van der Waals surface area contributed by atoms with Crippen LogP contribution in [0.15, 0.2) is 122 Å². The molecule has 238 valence electrons. The summed E-state index contributed by atoms with van der Waals surface area (Å²) in [6, 6.07) is 41.0. The normalized spacial score (nSPS) is 14.1. The number of hydrogen-bond acceptors (Lipinski definition) is 3. The fraction of sp³-hybridized carbons (Fsp3) is 0.0952. The summed E-state index contributed by atoms with van der Waals surface area (Å²) in [5.41, 5.74) is 6.28. The van der Waals surface area contributed by atoms with Gasteiger partial charge in [-0.2, -0.15) is 18.2 Å². The molecule has 0 bridgehead atoms. The van der Waals surface area contributed by atoms with E-state index >= 15 is 4.39 Å². The van der Waals surface area contributed by atoms with Crippen LogP contribution in [0.2, 0.25) is 0 Å². The molecule has 0 N–H and O–H groups in total. The Morgan fingerprint density at radius 1 is 0.714 bits per heavy atom. The summed E-state index contributed by atoms with van der Waals surface area (Å²) < 4.78 is 27.5. The molecule has 0 spiro atoms. The molecule has 1 atom stereocenters. The first-order valence-corrected chi connectivity index (χ1v) is 16.1. The molecule has 7 heteroatoms. The number of halogens is 1. The predicted molar refractivity (Wildman–Crippen MR) is 188 cm³/mol. The summed E-state index contributed by atoms with van der Waals surface area (Å²) in [7, 11) is 0. The van der Waals surface area contributed by atoms with Crippen LogP contribution in [-0.2, 0) is 26.5 Å². The van der Waals surface area contributed by atoms with Crippen molar-refractivity contribution in [3.05, 3.63) is 156 Å². The summed E-state index contributed by atoms with van der Waals surface area (Å²) in [6.45, 7) is 4.46. The van der Waals surface area contributed by atoms with Crippen molar-refractivity contribution in [1.29, 1.82) is 0 Å². The molecule has 0 fully saturated rings. The average molecular weight is 818 g/mol. The molecule has 0 radical (unpaired) electrons. The van der Waals surface area contributed by atoms with Crippen molar-refractivity contribution >= 4 is 49.1 Å². The molecular weight excluding hydrogens is 791 g/mol. The number of benzene rings is 5. The Morgan fingerprint density at radius 2 is 1.49 bits per heavy atom. The fourth-order valence-electron chi connectivity index (χ4n) is 7.63. The number of rotatable bonds is 3. The first-order valence-electron chi connectivity index (χ1n) is 16.1. The van der Waals surface area contributed by atoms with Crippen LogP contribution in [0.25, 0.3) is 54.9 Å². The average Bonchev–Trinajstić information content (AvgIpc) is 3.75. The number of alkyl halides is 1. The maximum atomic E-state index is 16.8. The van der Waals surface area contributed by atoms with Crippen LogP contribution in [-0.4, -0.2) is 18.9 Å². The molecule has 5 aromatic carbocycles. The Bertz CT molecular complexity index is 2770. The molecule has 1 aliphatic heterocycles. The first-order chi connectivity index (χ1) is 23.5. The van der Waals surface area contributed by atoms with E-state index in [0.29, 0.717) is 11.1 Å². The number of hydrogen-bond donors (Lipinski definition) is 0. The van der Waals surface area contributed by atoms with Gasteiger partial charge in [0.05, 0.1) is 5.65 Å². The van der Waals surface area contributed by atoms with Crippen LogP contribution in [0.4, 0.5) is 4.39 Å². The van der Waals surface area contributed by atoms with E-state index in [2.05, 4.69) is 71.9 Å². The Kier molecular flexibility index (Phi) is 6.59. The molecule has 0 saturated heterocycles. The quantitative estimate of drug-likeness (QED) is 0.132. The maximum absolute atomic E-state index is 16.8. The zero-order valence-electron chi connectivity index (χ0n) is 26.5. The number of aromatic nitrogens is 4. The molecule has 4 aromatic heterocycles. The van der Waals surface area contributed by atoms with E-state index in [0.717, 1.165) is 77.6 Å². The summed E-state index contributed by atoms with van der Waals surface area (Å²) in [5, 5.41) is 4.73. The Morgan fingerprint density at radius 3 is 2.35 bits per heavy atom. The third-order valence-corrected chi connectivity index (χ3v) is 9.97. The Balaban J connectivity index is 0.00000325. The van der Waals surface area contributed by atoms with Crippen LogP contribution >= 0.6 is 0 Å². The molecule has 5 heterocycles. The smallest absolute Gasteiger partial charge is 0.457 e. The van der Waals surface area contributed by atoms with Gasteiger partial charge >= 0.3 is 21.1 Å². The van der Waals surface area contributed by atoms with E-state index in [9.17, 15) is 0 Å². The van der Waals surface area contributed by atoms with Crippen molar-refractivity contribution in [2.75, 3.05) is 0 Å². The summed E-state index contributed by atoms with van der Waals surface area (Å²) in [4.78, 5) is 9.33. The number of imidazole rings is 1. The second-order valence-electron chi connectivity index (χ2n) is 13.0. The molecule has 49 heavy (non-hydrogen) atoms. The molecule has 10 rings (SSSR count). The second kappa shape index (κ2) is 10.8. The molecule has 0 saturated carbocycles. The van der Waals surface area contributed by atoms with E-state index in [4.69, 9.17) is 9.72 Å². The minimum Gasteiger partial charge on any atom is -0.457 e. The molecule has 0 aliphatic carbocycles. The van der Waals surface area contributed by atoms with Crippen LogP contribution in [0, 0.1) is 12.1 Å². The van der Waals surface area contributed by atoms with Gasteiger partial charge in [0.15, 0.2) is 0 Å². The Hall–Kier alpha value is -5.32. The molecule has 9 aromatic rings. The van der Waals surface area contributed by atoms with Gasteiger partial charge in [-0.25, -0.2) is 9.37 Å². The van der Waals surface area contributed by atoms with Crippen molar-refractivity contribution < 1.29 is 30.2 Å². The predicted octanol–water partition coefficient (Wildman–Crippen LogP) is 10.2. The van der Waals surface area contributed by atoms with E-state index in [1.807, 2.05) is 77.3 Å². The van der Waals surface area contributed by atoms with Crippen LogP contribution in [0.1, 0.15) is 42.3 Å². The minimum absolute atomic E-state index is 0. The third-order valence-electron chi connectivity index (χ3n) is 9.97. The van der Waals surface area contributed by atoms with Gasteiger partial charge in [0.1, 0.15) is 23.5 Å². The SMILES string of the molecule is CC1(C)c2ccccc2Oc2c1ccc1c2c2ccc(C(F)c3[c-]c4c(cc3)c3ccccc3n3ccnc43)[c-]c2n1-c1ccccn1.[Pt+2]. The van der Waals surface area contributed by atoms with Crippen molar-refractivity contribution in [1.82, 2.24) is 18.9 Å². The van der Waals surface area contributed by atoms with E-state index in [1.54, 1.807) is 12.4 Å². The summed E-state index contributed by atoms with van der Waals surface area (Å²) in [5.74, 6) is 2.38. The second-order valence-corrected chi connectivity index (χ2v) is 13.0. The van der Waals surface area contributed by atoms with Gasteiger partial charge in [0.25, 0.3) is 0 Å². The number of ether oxygens (including phenoxy) is 1. The van der Waals surface area contributed by atoms with E-state index < -0.39 is 6.17 Å². The zero-order valence-corrected chi connectivity index (χ0v) is 28.8. The topological polar surface area (TPSA) is 44.4 Å². The number of pyridine rings is 2. The number of nitrogens with zero attached hydrogens (tertiary/aromatic N) is 4. The van der Waals surface area contributed by atoms with Gasteiger partial charge in [-0.05, 0) is 41.1 Å². The Labute approximate surface area is 295 Å². The van der Waals surface area contributed by atoms with Crippen LogP contribution < -0.4 is 4.74 Å². The number of fused-ring (bicyclic) bond motifs is 12.